The van der Waals surface area contributed by atoms with Crippen molar-refractivity contribution in [1.29, 1.82) is 0 Å². The van der Waals surface area contributed by atoms with E-state index in [2.05, 4.69) is 0 Å². The molecule has 0 aliphatic rings. The minimum atomic E-state index is -0.777. The highest BCUT2D eigenvalue weighted by atomic mass is 16.3. The Hall–Kier alpha value is -1.29. The van der Waals surface area contributed by atoms with E-state index in [0.29, 0.717) is 13.0 Å². The molecule has 0 aliphatic carbocycles. The van der Waals surface area contributed by atoms with Crippen LogP contribution in [0.1, 0.15) is 38.0 Å². The summed E-state index contributed by atoms with van der Waals surface area (Å²) in [5.41, 5.74) is 6.27. The van der Waals surface area contributed by atoms with Gasteiger partial charge in [0.05, 0.1) is 11.8 Å². The number of furan rings is 1. The number of amides is 1. The molecular formula is C13H22N2O2. The van der Waals surface area contributed by atoms with Gasteiger partial charge in [-0.3, -0.25) is 4.79 Å². The Balaban J connectivity index is 2.68. The second-order valence-electron chi connectivity index (χ2n) is 4.83. The van der Waals surface area contributed by atoms with Gasteiger partial charge in [0.15, 0.2) is 0 Å². The maximum absolute atomic E-state index is 12.2. The Morgan fingerprint density at radius 3 is 2.71 bits per heavy atom. The molecule has 0 saturated carbocycles. The highest BCUT2D eigenvalue weighted by molar-refractivity contribution is 5.85. The summed E-state index contributed by atoms with van der Waals surface area (Å²) in [4.78, 5) is 13.8. The van der Waals surface area contributed by atoms with Gasteiger partial charge < -0.3 is 15.1 Å². The van der Waals surface area contributed by atoms with Gasteiger partial charge in [-0.05, 0) is 26.3 Å². The van der Waals surface area contributed by atoms with Gasteiger partial charge in [-0.1, -0.05) is 13.3 Å². The monoisotopic (exact) mass is 238 g/mol. The van der Waals surface area contributed by atoms with E-state index < -0.39 is 5.54 Å². The topological polar surface area (TPSA) is 59.5 Å². The van der Waals surface area contributed by atoms with Gasteiger partial charge in [-0.25, -0.2) is 0 Å². The first-order chi connectivity index (χ1) is 7.88. The molecule has 0 aliphatic heterocycles. The SMILES string of the molecule is CCCC(C)(N)C(=O)N(C)Cc1ccoc1C. The summed E-state index contributed by atoms with van der Waals surface area (Å²) in [6.07, 6.45) is 3.23. The molecule has 1 heterocycles. The number of nitrogens with two attached hydrogens (primary N) is 1. The van der Waals surface area contributed by atoms with Crippen molar-refractivity contribution < 1.29 is 9.21 Å². The Labute approximate surface area is 103 Å². The van der Waals surface area contributed by atoms with Crippen LogP contribution >= 0.6 is 0 Å². The smallest absolute Gasteiger partial charge is 0.242 e. The molecule has 1 atom stereocenters. The predicted molar refractivity (Wildman–Crippen MR) is 67.4 cm³/mol. The lowest BCUT2D eigenvalue weighted by Gasteiger charge is -2.28. The zero-order valence-corrected chi connectivity index (χ0v) is 11.1. The summed E-state index contributed by atoms with van der Waals surface area (Å²) in [7, 11) is 1.77. The highest BCUT2D eigenvalue weighted by Crippen LogP contribution is 2.16. The lowest BCUT2D eigenvalue weighted by molar-refractivity contribution is -0.135. The Bertz CT molecular complexity index is 383. The molecule has 0 saturated heterocycles. The van der Waals surface area contributed by atoms with Crippen molar-refractivity contribution in [3.63, 3.8) is 0 Å². The Morgan fingerprint density at radius 2 is 2.24 bits per heavy atom. The van der Waals surface area contributed by atoms with Crippen LogP contribution in [0.3, 0.4) is 0 Å². The van der Waals surface area contributed by atoms with E-state index >= 15 is 0 Å². The fraction of sp³-hybridized carbons (Fsp3) is 0.615. The van der Waals surface area contributed by atoms with Gasteiger partial charge in [0.1, 0.15) is 5.76 Å². The molecule has 0 spiro atoms. The third kappa shape index (κ3) is 3.33. The number of rotatable bonds is 5. The first kappa shape index (κ1) is 13.8. The second kappa shape index (κ2) is 5.36. The number of carbonyl (C=O) groups excluding carboxylic acids is 1. The van der Waals surface area contributed by atoms with E-state index in [1.165, 1.54) is 0 Å². The minimum absolute atomic E-state index is 0.0278. The van der Waals surface area contributed by atoms with E-state index in [1.807, 2.05) is 19.9 Å². The van der Waals surface area contributed by atoms with E-state index in [9.17, 15) is 4.79 Å². The van der Waals surface area contributed by atoms with Crippen LogP contribution in [0.2, 0.25) is 0 Å². The molecule has 1 aromatic rings. The van der Waals surface area contributed by atoms with Crippen molar-refractivity contribution in [2.24, 2.45) is 5.73 Å². The van der Waals surface area contributed by atoms with Crippen LogP contribution < -0.4 is 5.73 Å². The van der Waals surface area contributed by atoms with Crippen LogP contribution in [-0.2, 0) is 11.3 Å². The molecule has 0 bridgehead atoms. The third-order valence-corrected chi connectivity index (χ3v) is 2.98. The zero-order chi connectivity index (χ0) is 13.1. The summed E-state index contributed by atoms with van der Waals surface area (Å²) in [5, 5.41) is 0. The molecule has 1 rings (SSSR count). The highest BCUT2D eigenvalue weighted by Gasteiger charge is 2.30. The standard InChI is InChI=1S/C13H22N2O2/c1-5-7-13(3,14)12(16)15(4)9-11-6-8-17-10(11)2/h6,8H,5,7,9,14H2,1-4H3. The maximum Gasteiger partial charge on any atom is 0.242 e. The summed E-state index contributed by atoms with van der Waals surface area (Å²) in [6, 6.07) is 1.88. The van der Waals surface area contributed by atoms with Crippen molar-refractivity contribution in [3.05, 3.63) is 23.7 Å². The quantitative estimate of drug-likeness (QED) is 0.854. The summed E-state index contributed by atoms with van der Waals surface area (Å²) < 4.78 is 5.21. The zero-order valence-electron chi connectivity index (χ0n) is 11.1. The molecule has 0 fully saturated rings. The molecule has 96 valence electrons. The van der Waals surface area contributed by atoms with Crippen LogP contribution in [-0.4, -0.2) is 23.4 Å². The van der Waals surface area contributed by atoms with E-state index in [4.69, 9.17) is 10.2 Å². The van der Waals surface area contributed by atoms with Crippen LogP contribution in [0.4, 0.5) is 0 Å². The third-order valence-electron chi connectivity index (χ3n) is 2.98. The Kier molecular flexibility index (Phi) is 4.34. The number of nitrogens with zero attached hydrogens (tertiary/aromatic N) is 1. The summed E-state index contributed by atoms with van der Waals surface area (Å²) >= 11 is 0. The molecule has 2 N–H and O–H groups in total. The Morgan fingerprint density at radius 1 is 1.59 bits per heavy atom. The molecule has 1 unspecified atom stereocenters. The summed E-state index contributed by atoms with van der Waals surface area (Å²) in [6.45, 7) is 6.25. The van der Waals surface area contributed by atoms with Crippen LogP contribution in [0.15, 0.2) is 16.7 Å². The van der Waals surface area contributed by atoms with Gasteiger partial charge in [-0.2, -0.15) is 0 Å². The largest absolute Gasteiger partial charge is 0.469 e. The normalized spacial score (nSPS) is 14.4. The molecule has 4 heteroatoms. The van der Waals surface area contributed by atoms with Crippen LogP contribution in [0.5, 0.6) is 0 Å². The van der Waals surface area contributed by atoms with Gasteiger partial charge in [0.2, 0.25) is 5.91 Å². The average molecular weight is 238 g/mol. The maximum atomic E-state index is 12.2. The van der Waals surface area contributed by atoms with Crippen molar-refractivity contribution in [1.82, 2.24) is 4.90 Å². The number of aryl methyl sites for hydroxylation is 1. The van der Waals surface area contributed by atoms with E-state index in [-0.39, 0.29) is 5.91 Å². The van der Waals surface area contributed by atoms with Gasteiger partial charge in [0.25, 0.3) is 0 Å². The van der Waals surface area contributed by atoms with Gasteiger partial charge in [-0.15, -0.1) is 0 Å². The van der Waals surface area contributed by atoms with Crippen molar-refractivity contribution in [2.75, 3.05) is 7.05 Å². The lowest BCUT2D eigenvalue weighted by Crippen LogP contribution is -2.51. The first-order valence-electron chi connectivity index (χ1n) is 5.96. The fourth-order valence-corrected chi connectivity index (χ4v) is 1.96. The van der Waals surface area contributed by atoms with E-state index in [1.54, 1.807) is 25.1 Å². The predicted octanol–water partition coefficient (Wildman–Crippen LogP) is 2.06. The van der Waals surface area contributed by atoms with Crippen molar-refractivity contribution in [3.8, 4) is 0 Å². The number of carbonyl (C=O) groups is 1. The first-order valence-corrected chi connectivity index (χ1v) is 5.96. The molecule has 4 nitrogen and oxygen atoms in total. The van der Waals surface area contributed by atoms with Gasteiger partial charge >= 0.3 is 0 Å². The summed E-state index contributed by atoms with van der Waals surface area (Å²) in [5.74, 6) is 0.818. The minimum Gasteiger partial charge on any atom is -0.469 e. The molecule has 1 amide bonds. The fourth-order valence-electron chi connectivity index (χ4n) is 1.96. The van der Waals surface area contributed by atoms with Gasteiger partial charge in [0, 0.05) is 19.2 Å². The van der Waals surface area contributed by atoms with Crippen LogP contribution in [0, 0.1) is 6.92 Å². The number of likely N-dealkylation sites (N-methyl/N-ethyl adjacent to an activating group) is 1. The number of hydrogen-bond donors (Lipinski definition) is 1. The lowest BCUT2D eigenvalue weighted by atomic mass is 9.96. The molecule has 1 aromatic heterocycles. The molecular weight excluding hydrogens is 216 g/mol. The molecule has 0 radical (unpaired) electrons. The van der Waals surface area contributed by atoms with Crippen molar-refractivity contribution >= 4 is 5.91 Å². The molecule has 17 heavy (non-hydrogen) atoms. The van der Waals surface area contributed by atoms with E-state index in [0.717, 1.165) is 17.7 Å². The van der Waals surface area contributed by atoms with Crippen molar-refractivity contribution in [2.45, 2.75) is 45.7 Å². The average Bonchev–Trinajstić information content (AvgIpc) is 2.63. The van der Waals surface area contributed by atoms with Crippen LogP contribution in [0.25, 0.3) is 0 Å². The second-order valence-corrected chi connectivity index (χ2v) is 4.83. The molecule has 0 aromatic carbocycles. The number of hydrogen-bond acceptors (Lipinski definition) is 3.